The molecule has 3 aliphatic rings. The Morgan fingerprint density at radius 3 is 2.33 bits per heavy atom. The Hall–Kier alpha value is -3.05. The molecule has 0 aromatic heterocycles. The van der Waals surface area contributed by atoms with Crippen molar-refractivity contribution in [3.05, 3.63) is 125 Å². The molecular weight excluding hydrogens is 1010 g/mol. The summed E-state index contributed by atoms with van der Waals surface area (Å²) >= 11 is 8.84. The Morgan fingerprint density at radius 1 is 0.967 bits per heavy atom. The van der Waals surface area contributed by atoms with E-state index < -0.39 is 10.1 Å². The summed E-state index contributed by atoms with van der Waals surface area (Å²) in [5.41, 5.74) is 8.98. The van der Waals surface area contributed by atoms with Crippen LogP contribution in [0.5, 0.6) is 0 Å². The molecule has 341 valence electrons. The first kappa shape index (κ1) is 54.1. The molecule has 0 atom stereocenters. The first-order valence-corrected chi connectivity index (χ1v) is 25.5. The van der Waals surface area contributed by atoms with Crippen LogP contribution in [0.2, 0.25) is 0 Å². The van der Waals surface area contributed by atoms with E-state index in [1.165, 1.54) is 22.5 Å². The molecule has 2 aromatic carbocycles. The summed E-state index contributed by atoms with van der Waals surface area (Å²) in [6, 6.07) is 17.0. The first-order chi connectivity index (χ1) is 28.1. The van der Waals surface area contributed by atoms with Crippen molar-refractivity contribution in [2.24, 2.45) is 0 Å². The maximum absolute atomic E-state index is 12.5. The Bertz CT molecular complexity index is 2090. The van der Waals surface area contributed by atoms with E-state index in [0.29, 0.717) is 51.2 Å². The van der Waals surface area contributed by atoms with Crippen molar-refractivity contribution in [2.45, 2.75) is 110 Å². The van der Waals surface area contributed by atoms with Crippen LogP contribution in [0, 0.1) is 7.43 Å². The standard InChI is InChI=1S/C46H62ClN5O4S.CH3.ClH.H2N.Pt/c1-7-42(48)50(6)32-29-49-43(53)24-9-8-14-30-51-38-22-12-10-20-36(38)45(2,3)40(51)27-25-34-18-17-19-35(44(34)47)26-28-41-46(4,5)37-21-11-13-23-39(37)52(41)31-15-16-33-57(54,55)56;;;;/h10-13,20-23,25-28H,7-9,14-19,24,29-33H2,1-6H3,(H,49,53)(H,54,55,56);1H3;1H;1H2;/q;-1;;-1;+1/p-2. The van der Waals surface area contributed by atoms with Crippen molar-refractivity contribution in [2.75, 3.05) is 43.9 Å². The topological polar surface area (TPSA) is 152 Å². The van der Waals surface area contributed by atoms with E-state index in [9.17, 15) is 23.2 Å². The third kappa shape index (κ3) is 14.0. The molecule has 3 N–H and O–H groups in total. The number of anilines is 1. The third-order valence-corrected chi connectivity index (χ3v) is 13.1. The van der Waals surface area contributed by atoms with E-state index in [-0.39, 0.29) is 36.1 Å². The van der Waals surface area contributed by atoms with Crippen molar-refractivity contribution in [3.8, 4) is 0 Å². The average molecular weight is 1080 g/mol. The Balaban J connectivity index is 0.00000316. The van der Waals surface area contributed by atoms with E-state index >= 15 is 0 Å². The summed E-state index contributed by atoms with van der Waals surface area (Å²) in [6.45, 7) is 13.5. The number of hydrogen-bond donors (Lipinski definition) is 1. The molecule has 5 rings (SSSR count). The largest absolute Gasteiger partial charge is 0.693 e. The summed E-state index contributed by atoms with van der Waals surface area (Å²) < 4.78 is 36.2. The van der Waals surface area contributed by atoms with Gasteiger partial charge in [0.1, 0.15) is 6.54 Å². The van der Waals surface area contributed by atoms with Gasteiger partial charge in [-0.1, -0.05) is 93.8 Å². The zero-order chi connectivity index (χ0) is 43.4. The van der Waals surface area contributed by atoms with Gasteiger partial charge in [0.2, 0.25) is 11.6 Å². The van der Waals surface area contributed by atoms with Crippen molar-refractivity contribution in [1.82, 2.24) is 10.2 Å². The third-order valence-electron chi connectivity index (χ3n) is 11.8. The van der Waals surface area contributed by atoms with Crippen molar-refractivity contribution in [1.29, 1.82) is 0 Å². The molecule has 2 aromatic rings. The fraction of sp³-hybridized carbons (Fsp3) is 0.489. The van der Waals surface area contributed by atoms with Crippen molar-refractivity contribution < 1.29 is 41.1 Å². The summed E-state index contributed by atoms with van der Waals surface area (Å²) in [7, 11) is 2.19. The molecule has 10 nitrogen and oxygen atoms in total. The summed E-state index contributed by atoms with van der Waals surface area (Å²) in [5, 5.41) is 13.6. The number of halogens is 2. The number of amidine groups is 1. The van der Waals surface area contributed by atoms with Gasteiger partial charge < -0.3 is 38.7 Å². The van der Waals surface area contributed by atoms with E-state index in [1.807, 2.05) is 20.0 Å². The van der Waals surface area contributed by atoms with Gasteiger partial charge in [-0.05, 0) is 101 Å². The second-order valence-corrected chi connectivity index (χ2v) is 18.5. The van der Waals surface area contributed by atoms with Gasteiger partial charge in [-0.25, -0.2) is 8.42 Å². The SMILES string of the molecule is CCC(=[N-])N(C)CCNC(=O)CCCCC[N+]1=C(C=CC2=C(Cl)C(=CC=C3N(CCCCS(=O)(=O)[O-])c4ccccc4C3(C)C)CCC2)C(C)(C)c2ccccc21.[CH3-].[Cl][Pt].[NH2-]. The molecule has 1 amide bonds. The maximum atomic E-state index is 12.5. The number of amides is 1. The van der Waals surface area contributed by atoms with E-state index in [0.717, 1.165) is 72.6 Å². The summed E-state index contributed by atoms with van der Waals surface area (Å²) in [6.07, 6.45) is 16.3. The van der Waals surface area contributed by atoms with Crippen molar-refractivity contribution in [3.63, 3.8) is 0 Å². The Kier molecular flexibility index (Phi) is 21.9. The normalized spacial score (nSPS) is 17.7. The number of carbonyl (C=O) groups is 1. The Labute approximate surface area is 387 Å². The fourth-order valence-corrected chi connectivity index (χ4v) is 9.33. The van der Waals surface area contributed by atoms with Gasteiger partial charge in [0.25, 0.3) is 0 Å². The van der Waals surface area contributed by atoms with E-state index in [2.05, 4.69) is 119 Å². The van der Waals surface area contributed by atoms with Crippen molar-refractivity contribution >= 4 is 60.0 Å². The van der Waals surface area contributed by atoms with Crippen LogP contribution in [-0.4, -0.2) is 78.9 Å². The van der Waals surface area contributed by atoms with Crippen LogP contribution >= 0.6 is 21.0 Å². The maximum Gasteiger partial charge on any atom is -0.693 e. The molecule has 0 fully saturated rings. The number of unbranched alkanes of at least 4 members (excludes halogenated alkanes) is 3. The molecule has 0 saturated carbocycles. The van der Waals surface area contributed by atoms with Crippen LogP contribution in [-0.2, 0) is 44.5 Å². The average Bonchev–Trinajstić information content (AvgIpc) is 3.56. The molecule has 0 unspecified atom stereocenters. The van der Waals surface area contributed by atoms with Gasteiger partial charge in [-0.15, -0.1) is 0 Å². The number of fused-ring (bicyclic) bond motifs is 2. The van der Waals surface area contributed by atoms with Crippen LogP contribution in [0.25, 0.3) is 11.6 Å². The van der Waals surface area contributed by atoms with Crippen LogP contribution in [0.4, 0.5) is 11.4 Å². The van der Waals surface area contributed by atoms with Crippen LogP contribution < -0.4 is 10.2 Å². The molecule has 61 heavy (non-hydrogen) atoms. The molecule has 2 aliphatic heterocycles. The quantitative estimate of drug-likeness (QED) is 0.0392. The molecule has 0 saturated heterocycles. The van der Waals surface area contributed by atoms with Gasteiger partial charge in [0.05, 0.1) is 15.5 Å². The number of carbonyl (C=O) groups excluding carboxylic acids is 1. The zero-order valence-corrected chi connectivity index (χ0v) is 41.6. The number of nitrogens with one attached hydrogen (secondary N) is 1. The molecule has 14 heteroatoms. The number of allylic oxidation sites excluding steroid dienone is 8. The number of para-hydroxylation sites is 2. The zero-order valence-electron chi connectivity index (χ0n) is 37.0. The molecule has 0 spiro atoms. The van der Waals surface area contributed by atoms with Gasteiger partial charge in [0.15, 0.2) is 5.71 Å². The predicted octanol–water partition coefficient (Wildman–Crippen LogP) is 11.1. The van der Waals surface area contributed by atoms with Crippen LogP contribution in [0.3, 0.4) is 0 Å². The number of likely N-dealkylation sites (N-methyl/N-ethyl adjacent to an activating group) is 1. The van der Waals surface area contributed by atoms with E-state index in [4.69, 9.17) is 11.6 Å². The fourth-order valence-electron chi connectivity index (χ4n) is 8.46. The van der Waals surface area contributed by atoms with Gasteiger partial charge in [-0.2, -0.15) is 4.58 Å². The number of nitrogens with two attached hydrogens (primary N) is 1. The monoisotopic (exact) mass is 1080 g/mol. The second kappa shape index (κ2) is 24.7. The second-order valence-electron chi connectivity index (χ2n) is 16.6. The number of benzene rings is 2. The first-order valence-electron chi connectivity index (χ1n) is 20.7. The summed E-state index contributed by atoms with van der Waals surface area (Å²) in [4.78, 5) is 16.5. The molecule has 2 heterocycles. The summed E-state index contributed by atoms with van der Waals surface area (Å²) in [5.74, 6) is 0.0207. The minimum absolute atomic E-state index is 0. The minimum atomic E-state index is -4.24. The molecule has 1 aliphatic carbocycles. The van der Waals surface area contributed by atoms with Gasteiger partial charge in [0, 0.05) is 71.2 Å². The van der Waals surface area contributed by atoms with Crippen LogP contribution in [0.1, 0.15) is 110 Å². The van der Waals surface area contributed by atoms with Crippen LogP contribution in [0.15, 0.2) is 94.7 Å². The number of hydrogen-bond acceptors (Lipinski definition) is 5. The van der Waals surface area contributed by atoms with Gasteiger partial charge in [-0.3, -0.25) is 4.79 Å². The Morgan fingerprint density at radius 2 is 1.64 bits per heavy atom. The van der Waals surface area contributed by atoms with E-state index in [1.54, 1.807) is 23.7 Å². The van der Waals surface area contributed by atoms with Gasteiger partial charge >= 0.3 is 28.2 Å². The number of rotatable bonds is 18. The minimum Gasteiger partial charge on any atom is -0.693 e. The molecule has 0 bridgehead atoms. The predicted molar refractivity (Wildman–Crippen MR) is 252 cm³/mol. The number of nitrogens with zero attached hydrogens (tertiary/aromatic N) is 4. The smallest absolute Gasteiger partial charge is 0.693 e. The molecule has 0 radical (unpaired) electrons. The molecular formula is C47H66Cl2N6O4PtS-3.